The van der Waals surface area contributed by atoms with Crippen molar-refractivity contribution in [1.29, 1.82) is 0 Å². The summed E-state index contributed by atoms with van der Waals surface area (Å²) in [5.74, 6) is -0.234. The molecule has 1 aromatic heterocycles. The molecule has 0 unspecified atom stereocenters. The molecular formula is C20H21FN4O. The molecule has 26 heavy (non-hydrogen) atoms. The number of piperazine rings is 1. The van der Waals surface area contributed by atoms with Crippen LogP contribution in [0.5, 0.6) is 0 Å². The van der Waals surface area contributed by atoms with E-state index < -0.39 is 0 Å². The molecule has 4 rings (SSSR count). The summed E-state index contributed by atoms with van der Waals surface area (Å²) >= 11 is 0. The lowest BCUT2D eigenvalue weighted by molar-refractivity contribution is 0.208. The van der Waals surface area contributed by atoms with E-state index in [1.807, 2.05) is 47.0 Å². The summed E-state index contributed by atoms with van der Waals surface area (Å²) in [4.78, 5) is 16.6. The van der Waals surface area contributed by atoms with E-state index in [0.29, 0.717) is 13.1 Å². The van der Waals surface area contributed by atoms with Gasteiger partial charge in [-0.15, -0.1) is 0 Å². The second kappa shape index (κ2) is 6.71. The fourth-order valence-electron chi connectivity index (χ4n) is 3.46. The number of halogens is 1. The summed E-state index contributed by atoms with van der Waals surface area (Å²) < 4.78 is 15.1. The van der Waals surface area contributed by atoms with Gasteiger partial charge in [0.1, 0.15) is 5.82 Å². The van der Waals surface area contributed by atoms with E-state index in [2.05, 4.69) is 10.2 Å². The molecule has 6 heteroatoms. The van der Waals surface area contributed by atoms with Crippen LogP contribution >= 0.6 is 0 Å². The van der Waals surface area contributed by atoms with Gasteiger partial charge in [0.2, 0.25) is 0 Å². The topological polar surface area (TPSA) is 40.5 Å². The van der Waals surface area contributed by atoms with Crippen molar-refractivity contribution >= 4 is 28.3 Å². The Morgan fingerprint density at radius 2 is 1.69 bits per heavy atom. The molecule has 134 valence electrons. The zero-order valence-corrected chi connectivity index (χ0v) is 14.7. The molecular weight excluding hydrogens is 331 g/mol. The number of urea groups is 1. The van der Waals surface area contributed by atoms with Gasteiger partial charge in [0.25, 0.3) is 0 Å². The molecule has 1 N–H and O–H groups in total. The van der Waals surface area contributed by atoms with Crippen LogP contribution < -0.4 is 10.2 Å². The monoisotopic (exact) mass is 352 g/mol. The molecule has 0 spiro atoms. The number of nitrogens with one attached hydrogen (secondary N) is 1. The predicted molar refractivity (Wildman–Crippen MR) is 102 cm³/mol. The number of para-hydroxylation sites is 1. The molecule has 2 aromatic carbocycles. The maximum Gasteiger partial charge on any atom is 0.322 e. The Morgan fingerprint density at radius 1 is 1.00 bits per heavy atom. The molecule has 2 heterocycles. The minimum absolute atomic E-state index is 0.0832. The van der Waals surface area contributed by atoms with E-state index in [9.17, 15) is 9.18 Å². The minimum Gasteiger partial charge on any atom is -0.368 e. The summed E-state index contributed by atoms with van der Waals surface area (Å²) in [7, 11) is 1.97. The van der Waals surface area contributed by atoms with E-state index in [4.69, 9.17) is 0 Å². The first-order valence-electron chi connectivity index (χ1n) is 8.72. The van der Waals surface area contributed by atoms with Crippen LogP contribution in [0.25, 0.3) is 10.9 Å². The molecule has 1 aliphatic heterocycles. The first-order chi connectivity index (χ1) is 12.6. The maximum atomic E-state index is 13.1. The van der Waals surface area contributed by atoms with Crippen LogP contribution in [0.2, 0.25) is 0 Å². The highest BCUT2D eigenvalue weighted by atomic mass is 19.1. The third-order valence-electron chi connectivity index (χ3n) is 4.90. The number of hydrogen-bond acceptors (Lipinski definition) is 2. The first-order valence-corrected chi connectivity index (χ1v) is 8.72. The van der Waals surface area contributed by atoms with Gasteiger partial charge in [0.05, 0.1) is 5.69 Å². The van der Waals surface area contributed by atoms with Gasteiger partial charge in [-0.2, -0.15) is 0 Å². The quantitative estimate of drug-likeness (QED) is 0.764. The normalized spacial score (nSPS) is 14.7. The first kappa shape index (κ1) is 16.4. The van der Waals surface area contributed by atoms with E-state index in [-0.39, 0.29) is 11.8 Å². The Kier molecular flexibility index (Phi) is 4.24. The lowest BCUT2D eigenvalue weighted by Gasteiger charge is -2.36. The second-order valence-corrected chi connectivity index (χ2v) is 6.55. The third kappa shape index (κ3) is 3.10. The van der Waals surface area contributed by atoms with Gasteiger partial charge in [-0.05, 0) is 30.3 Å². The SMILES string of the molecule is Cn1cc(NC(=O)N2CCN(c3ccc(F)cc3)CC2)c2ccccc21. The van der Waals surface area contributed by atoms with E-state index in [1.165, 1.54) is 12.1 Å². The Morgan fingerprint density at radius 3 is 2.42 bits per heavy atom. The van der Waals surface area contributed by atoms with Crippen molar-refractivity contribution in [3.63, 3.8) is 0 Å². The number of carbonyl (C=O) groups excluding carboxylic acids is 1. The van der Waals surface area contributed by atoms with Gasteiger partial charge in [-0.25, -0.2) is 9.18 Å². The fraction of sp³-hybridized carbons (Fsp3) is 0.250. The average Bonchev–Trinajstić information content (AvgIpc) is 2.98. The molecule has 3 aromatic rings. The Balaban J connectivity index is 1.41. The van der Waals surface area contributed by atoms with Crippen molar-refractivity contribution in [3.05, 3.63) is 60.5 Å². The molecule has 0 saturated carbocycles. The Hall–Kier alpha value is -3.02. The lowest BCUT2D eigenvalue weighted by atomic mass is 10.2. The van der Waals surface area contributed by atoms with Crippen LogP contribution in [-0.4, -0.2) is 41.7 Å². The molecule has 1 saturated heterocycles. The Bertz CT molecular complexity index is 927. The molecule has 0 radical (unpaired) electrons. The highest BCUT2D eigenvalue weighted by Gasteiger charge is 2.22. The molecule has 2 amide bonds. The highest BCUT2D eigenvalue weighted by molar-refractivity contribution is 6.01. The van der Waals surface area contributed by atoms with Crippen LogP contribution in [0.4, 0.5) is 20.6 Å². The van der Waals surface area contributed by atoms with Gasteiger partial charge >= 0.3 is 6.03 Å². The van der Waals surface area contributed by atoms with Gasteiger partial charge in [-0.1, -0.05) is 18.2 Å². The number of hydrogen-bond donors (Lipinski definition) is 1. The van der Waals surface area contributed by atoms with Gasteiger partial charge in [0, 0.05) is 56.0 Å². The minimum atomic E-state index is -0.234. The summed E-state index contributed by atoms with van der Waals surface area (Å²) in [6.45, 7) is 2.73. The summed E-state index contributed by atoms with van der Waals surface area (Å²) in [5.41, 5.74) is 2.90. The van der Waals surface area contributed by atoms with Crippen LogP contribution in [0.15, 0.2) is 54.7 Å². The summed E-state index contributed by atoms with van der Waals surface area (Å²) in [6, 6.07) is 14.4. The molecule has 0 aliphatic carbocycles. The number of amides is 2. The number of nitrogens with zero attached hydrogens (tertiary/aromatic N) is 3. The third-order valence-corrected chi connectivity index (χ3v) is 4.90. The number of aromatic nitrogens is 1. The zero-order chi connectivity index (χ0) is 18.1. The fourth-order valence-corrected chi connectivity index (χ4v) is 3.46. The number of anilines is 2. The maximum absolute atomic E-state index is 13.1. The molecule has 1 fully saturated rings. The van der Waals surface area contributed by atoms with E-state index >= 15 is 0 Å². The van der Waals surface area contributed by atoms with Crippen molar-refractivity contribution < 1.29 is 9.18 Å². The number of fused-ring (bicyclic) bond motifs is 1. The van der Waals surface area contributed by atoms with Crippen molar-refractivity contribution in [1.82, 2.24) is 9.47 Å². The van der Waals surface area contributed by atoms with Crippen molar-refractivity contribution in [2.24, 2.45) is 7.05 Å². The predicted octanol–water partition coefficient (Wildman–Crippen LogP) is 3.67. The smallest absolute Gasteiger partial charge is 0.322 e. The summed E-state index contributed by atoms with van der Waals surface area (Å²) in [5, 5.41) is 4.07. The van der Waals surface area contributed by atoms with Crippen LogP contribution in [0.3, 0.4) is 0 Å². The van der Waals surface area contributed by atoms with Crippen molar-refractivity contribution in [2.45, 2.75) is 0 Å². The number of carbonyl (C=O) groups is 1. The van der Waals surface area contributed by atoms with Crippen molar-refractivity contribution in [3.8, 4) is 0 Å². The van der Waals surface area contributed by atoms with E-state index in [0.717, 1.165) is 35.4 Å². The summed E-state index contributed by atoms with van der Waals surface area (Å²) in [6.07, 6.45) is 1.94. The average molecular weight is 352 g/mol. The molecule has 0 atom stereocenters. The highest BCUT2D eigenvalue weighted by Crippen LogP contribution is 2.25. The second-order valence-electron chi connectivity index (χ2n) is 6.55. The molecule has 0 bridgehead atoms. The van der Waals surface area contributed by atoms with Gasteiger partial charge in [-0.3, -0.25) is 0 Å². The van der Waals surface area contributed by atoms with E-state index in [1.54, 1.807) is 12.1 Å². The van der Waals surface area contributed by atoms with Gasteiger partial charge < -0.3 is 19.7 Å². The Labute approximate surface area is 151 Å². The van der Waals surface area contributed by atoms with Crippen molar-refractivity contribution in [2.75, 3.05) is 36.4 Å². The number of rotatable bonds is 2. The van der Waals surface area contributed by atoms with Crippen LogP contribution in [-0.2, 0) is 7.05 Å². The largest absolute Gasteiger partial charge is 0.368 e. The number of aryl methyl sites for hydroxylation is 1. The zero-order valence-electron chi connectivity index (χ0n) is 14.7. The van der Waals surface area contributed by atoms with Crippen LogP contribution in [0, 0.1) is 5.82 Å². The molecule has 1 aliphatic rings. The standard InChI is InChI=1S/C20H21FN4O/c1-23-14-18(17-4-2-3-5-19(17)23)22-20(26)25-12-10-24(11-13-25)16-8-6-15(21)7-9-16/h2-9,14H,10-13H2,1H3,(H,22,26). The van der Waals surface area contributed by atoms with Gasteiger partial charge in [0.15, 0.2) is 0 Å². The molecule has 5 nitrogen and oxygen atoms in total. The number of benzene rings is 2. The van der Waals surface area contributed by atoms with Crippen LogP contribution in [0.1, 0.15) is 0 Å². The lowest BCUT2D eigenvalue weighted by Crippen LogP contribution is -2.50.